The fourth-order valence-electron chi connectivity index (χ4n) is 2.22. The summed E-state index contributed by atoms with van der Waals surface area (Å²) in [5, 5.41) is 19.3. The molecule has 1 unspecified atom stereocenters. The van der Waals surface area contributed by atoms with Crippen LogP contribution in [-0.2, 0) is 28.6 Å². The standard InChI is InChI=1S/C17H28O9/c1-4-6-8-12(9-7-5-2)25-13(18)10-17(23,15(20)21)11-14(19)26-16(22)24-3/h12,23H,4-11H2,1-3H3,(H,20,21). The molecule has 0 radical (unpaired) electrons. The summed E-state index contributed by atoms with van der Waals surface area (Å²) in [4.78, 5) is 45.7. The van der Waals surface area contributed by atoms with Gasteiger partial charge in [-0.2, -0.15) is 0 Å². The molecule has 0 aromatic rings. The number of aliphatic hydroxyl groups is 1. The van der Waals surface area contributed by atoms with E-state index in [2.05, 4.69) is 9.47 Å². The van der Waals surface area contributed by atoms with Gasteiger partial charge in [0.25, 0.3) is 0 Å². The van der Waals surface area contributed by atoms with Crippen LogP contribution in [0.3, 0.4) is 0 Å². The summed E-state index contributed by atoms with van der Waals surface area (Å²) in [5.41, 5.74) is -2.73. The predicted molar refractivity (Wildman–Crippen MR) is 89.2 cm³/mol. The van der Waals surface area contributed by atoms with Gasteiger partial charge in [-0.05, 0) is 12.8 Å². The van der Waals surface area contributed by atoms with E-state index < -0.39 is 42.5 Å². The molecule has 0 aromatic heterocycles. The van der Waals surface area contributed by atoms with Gasteiger partial charge in [0.05, 0.1) is 20.0 Å². The van der Waals surface area contributed by atoms with Crippen LogP contribution in [-0.4, -0.2) is 53.1 Å². The van der Waals surface area contributed by atoms with Gasteiger partial charge in [-0.1, -0.05) is 39.5 Å². The molecule has 0 saturated heterocycles. The predicted octanol–water partition coefficient (Wildman–Crippen LogP) is 2.18. The molecule has 0 saturated carbocycles. The van der Waals surface area contributed by atoms with Crippen LogP contribution in [0.15, 0.2) is 0 Å². The molecule has 2 N–H and O–H groups in total. The maximum absolute atomic E-state index is 12.1. The number of aliphatic carboxylic acids is 1. The third-order valence-corrected chi connectivity index (χ3v) is 3.69. The first kappa shape index (κ1) is 23.8. The summed E-state index contributed by atoms with van der Waals surface area (Å²) < 4.78 is 13.5. The molecule has 0 aromatic carbocycles. The second kappa shape index (κ2) is 12.2. The van der Waals surface area contributed by atoms with Gasteiger partial charge in [0.1, 0.15) is 6.10 Å². The Kier molecular flexibility index (Phi) is 11.2. The molecule has 150 valence electrons. The van der Waals surface area contributed by atoms with E-state index in [9.17, 15) is 24.3 Å². The number of unbranched alkanes of at least 4 members (excludes halogenated alkanes) is 2. The number of carbonyl (C=O) groups is 4. The summed E-state index contributed by atoms with van der Waals surface area (Å²) >= 11 is 0. The highest BCUT2D eigenvalue weighted by atomic mass is 16.7. The number of hydrogen-bond donors (Lipinski definition) is 2. The summed E-state index contributed by atoms with van der Waals surface area (Å²) in [6.45, 7) is 3.99. The average Bonchev–Trinajstić information content (AvgIpc) is 2.56. The van der Waals surface area contributed by atoms with Crippen LogP contribution in [0.4, 0.5) is 4.79 Å². The highest BCUT2D eigenvalue weighted by molar-refractivity contribution is 5.91. The molecule has 0 aliphatic rings. The Balaban J connectivity index is 4.88. The Bertz CT molecular complexity index is 481. The maximum atomic E-state index is 12.1. The minimum Gasteiger partial charge on any atom is -0.479 e. The number of esters is 2. The van der Waals surface area contributed by atoms with Crippen molar-refractivity contribution < 1.29 is 43.6 Å². The average molecular weight is 376 g/mol. The zero-order chi connectivity index (χ0) is 20.2. The van der Waals surface area contributed by atoms with E-state index in [4.69, 9.17) is 9.84 Å². The molecule has 0 aliphatic heterocycles. The molecule has 0 bridgehead atoms. The van der Waals surface area contributed by atoms with E-state index in [-0.39, 0.29) is 6.10 Å². The van der Waals surface area contributed by atoms with Crippen molar-refractivity contribution in [1.29, 1.82) is 0 Å². The van der Waals surface area contributed by atoms with E-state index in [1.165, 1.54) is 0 Å². The minimum absolute atomic E-state index is 0.373. The van der Waals surface area contributed by atoms with Gasteiger partial charge in [-0.25, -0.2) is 9.59 Å². The van der Waals surface area contributed by atoms with Crippen LogP contribution >= 0.6 is 0 Å². The van der Waals surface area contributed by atoms with Crippen LogP contribution in [0, 0.1) is 0 Å². The van der Waals surface area contributed by atoms with Crippen molar-refractivity contribution in [3.05, 3.63) is 0 Å². The summed E-state index contributed by atoms with van der Waals surface area (Å²) in [7, 11) is 0.961. The van der Waals surface area contributed by atoms with Gasteiger partial charge < -0.3 is 24.4 Å². The second-order valence-corrected chi connectivity index (χ2v) is 6.01. The first-order valence-corrected chi connectivity index (χ1v) is 8.62. The Labute approximate surface area is 152 Å². The number of carbonyl (C=O) groups excluding carboxylic acids is 3. The van der Waals surface area contributed by atoms with Gasteiger partial charge in [-0.15, -0.1) is 0 Å². The smallest absolute Gasteiger partial charge is 0.479 e. The number of carboxylic acids is 1. The second-order valence-electron chi connectivity index (χ2n) is 6.01. The largest absolute Gasteiger partial charge is 0.515 e. The van der Waals surface area contributed by atoms with E-state index in [0.29, 0.717) is 12.8 Å². The van der Waals surface area contributed by atoms with Crippen molar-refractivity contribution in [2.45, 2.75) is 76.9 Å². The number of carboxylic acid groups (broad SMARTS) is 1. The summed E-state index contributed by atoms with van der Waals surface area (Å²) in [6, 6.07) is 0. The molecule has 9 nitrogen and oxygen atoms in total. The Morgan fingerprint density at radius 1 is 0.962 bits per heavy atom. The summed E-state index contributed by atoms with van der Waals surface area (Å²) in [5.74, 6) is -4.06. The molecule has 0 fully saturated rings. The Morgan fingerprint density at radius 3 is 1.88 bits per heavy atom. The quantitative estimate of drug-likeness (QED) is 0.388. The van der Waals surface area contributed by atoms with Crippen molar-refractivity contribution in [1.82, 2.24) is 0 Å². The van der Waals surface area contributed by atoms with Crippen molar-refractivity contribution in [2.75, 3.05) is 7.11 Å². The number of methoxy groups -OCH3 is 1. The zero-order valence-electron chi connectivity index (χ0n) is 15.5. The Morgan fingerprint density at radius 2 is 1.46 bits per heavy atom. The van der Waals surface area contributed by atoms with Crippen LogP contribution in [0.25, 0.3) is 0 Å². The van der Waals surface area contributed by atoms with Crippen molar-refractivity contribution in [2.24, 2.45) is 0 Å². The van der Waals surface area contributed by atoms with E-state index in [1.807, 2.05) is 13.8 Å². The summed E-state index contributed by atoms with van der Waals surface area (Å²) in [6.07, 6.45) is 1.04. The molecular weight excluding hydrogens is 348 g/mol. The van der Waals surface area contributed by atoms with Gasteiger partial charge in [0.15, 0.2) is 5.60 Å². The molecule has 0 spiro atoms. The third kappa shape index (κ3) is 9.36. The molecule has 9 heteroatoms. The van der Waals surface area contributed by atoms with Crippen molar-refractivity contribution >= 4 is 24.1 Å². The van der Waals surface area contributed by atoms with Crippen LogP contribution in [0.5, 0.6) is 0 Å². The topological polar surface area (TPSA) is 136 Å². The first-order chi connectivity index (χ1) is 12.2. The lowest BCUT2D eigenvalue weighted by molar-refractivity contribution is -0.174. The van der Waals surface area contributed by atoms with E-state index >= 15 is 0 Å². The van der Waals surface area contributed by atoms with Crippen LogP contribution < -0.4 is 0 Å². The lowest BCUT2D eigenvalue weighted by Gasteiger charge is -2.23. The van der Waals surface area contributed by atoms with Gasteiger partial charge >= 0.3 is 24.1 Å². The molecular formula is C17H28O9. The molecule has 0 aliphatic carbocycles. The highest BCUT2D eigenvalue weighted by Crippen LogP contribution is 2.20. The lowest BCUT2D eigenvalue weighted by atomic mass is 9.95. The van der Waals surface area contributed by atoms with E-state index in [1.54, 1.807) is 0 Å². The number of rotatable bonds is 12. The normalized spacial score (nSPS) is 13.0. The van der Waals surface area contributed by atoms with Crippen LogP contribution in [0.1, 0.15) is 65.2 Å². The highest BCUT2D eigenvalue weighted by Gasteiger charge is 2.42. The monoisotopic (exact) mass is 376 g/mol. The molecule has 0 rings (SSSR count). The van der Waals surface area contributed by atoms with Gasteiger partial charge in [0, 0.05) is 0 Å². The van der Waals surface area contributed by atoms with Crippen LogP contribution in [0.2, 0.25) is 0 Å². The molecule has 0 amide bonds. The number of hydrogen-bond acceptors (Lipinski definition) is 8. The zero-order valence-corrected chi connectivity index (χ0v) is 15.5. The fourth-order valence-corrected chi connectivity index (χ4v) is 2.22. The van der Waals surface area contributed by atoms with Crippen molar-refractivity contribution in [3.63, 3.8) is 0 Å². The molecule has 0 heterocycles. The van der Waals surface area contributed by atoms with Crippen molar-refractivity contribution in [3.8, 4) is 0 Å². The Hall–Kier alpha value is -2.16. The molecule has 26 heavy (non-hydrogen) atoms. The van der Waals surface area contributed by atoms with Gasteiger partial charge in [0.2, 0.25) is 0 Å². The lowest BCUT2D eigenvalue weighted by Crippen LogP contribution is -2.44. The first-order valence-electron chi connectivity index (χ1n) is 8.62. The van der Waals surface area contributed by atoms with Gasteiger partial charge in [-0.3, -0.25) is 9.59 Å². The fraction of sp³-hybridized carbons (Fsp3) is 0.765. The SMILES string of the molecule is CCCCC(CCCC)OC(=O)CC(O)(CC(=O)OC(=O)OC)C(=O)O. The third-order valence-electron chi connectivity index (χ3n) is 3.69. The maximum Gasteiger partial charge on any atom is 0.515 e. The number of ether oxygens (including phenoxy) is 3. The minimum atomic E-state index is -2.73. The van der Waals surface area contributed by atoms with E-state index in [0.717, 1.165) is 32.8 Å². The molecule has 1 atom stereocenters.